The van der Waals surface area contributed by atoms with Gasteiger partial charge in [-0.15, -0.1) is 0 Å². The molecule has 0 saturated heterocycles. The van der Waals surface area contributed by atoms with E-state index in [1.165, 1.54) is 6.08 Å². The summed E-state index contributed by atoms with van der Waals surface area (Å²) in [6.07, 6.45) is 1.23. The first kappa shape index (κ1) is 16.4. The van der Waals surface area contributed by atoms with E-state index in [0.717, 1.165) is 25.2 Å². The summed E-state index contributed by atoms with van der Waals surface area (Å²) in [5.41, 5.74) is 0.311. The Morgan fingerprint density at radius 2 is 1.70 bits per heavy atom. The molecule has 0 saturated carbocycles. The molecule has 0 bridgehead atoms. The summed E-state index contributed by atoms with van der Waals surface area (Å²) in [7, 11) is 0. The van der Waals surface area contributed by atoms with Crippen molar-refractivity contribution in [1.82, 2.24) is 0 Å². The molecule has 0 spiro atoms. The van der Waals surface area contributed by atoms with Gasteiger partial charge < -0.3 is 4.74 Å². The number of esters is 1. The Hall–Kier alpha value is -1.61. The van der Waals surface area contributed by atoms with Crippen LogP contribution in [0.25, 0.3) is 0 Å². The van der Waals surface area contributed by atoms with E-state index in [1.807, 2.05) is 37.3 Å². The number of quaternary nitrogens is 1. The third-order valence-corrected chi connectivity index (χ3v) is 4.50. The van der Waals surface area contributed by atoms with Gasteiger partial charge >= 0.3 is 5.97 Å². The summed E-state index contributed by atoms with van der Waals surface area (Å²) >= 11 is 0. The van der Waals surface area contributed by atoms with E-state index in [-0.39, 0.29) is 5.97 Å². The summed E-state index contributed by atoms with van der Waals surface area (Å²) in [5, 5.41) is 0. The maximum atomic E-state index is 11.8. The number of carbonyl (C=O) groups excluding carboxylic acids is 1. The highest BCUT2D eigenvalue weighted by Gasteiger charge is 2.49. The highest BCUT2D eigenvalue weighted by Crippen LogP contribution is 2.36. The van der Waals surface area contributed by atoms with E-state index in [9.17, 15) is 4.79 Å². The molecule has 0 radical (unpaired) electrons. The monoisotopic (exact) mass is 276 g/mol. The van der Waals surface area contributed by atoms with Gasteiger partial charge in [-0.25, -0.2) is 4.79 Å². The molecule has 0 aliphatic heterocycles. The van der Waals surface area contributed by atoms with Crippen LogP contribution in [0, 0.1) is 0 Å². The Balaban J connectivity index is 3.40. The zero-order chi connectivity index (χ0) is 15.2. The Morgan fingerprint density at radius 1 is 1.20 bits per heavy atom. The molecule has 1 aromatic carbocycles. The van der Waals surface area contributed by atoms with Crippen LogP contribution in [0.4, 0.5) is 0 Å². The molecule has 1 aromatic rings. The van der Waals surface area contributed by atoms with Crippen LogP contribution >= 0.6 is 0 Å². The molecule has 0 heterocycles. The number of benzene rings is 1. The van der Waals surface area contributed by atoms with Gasteiger partial charge in [-0.3, -0.25) is 4.48 Å². The summed E-state index contributed by atoms with van der Waals surface area (Å²) in [4.78, 5) is 11.8. The first-order valence-electron chi connectivity index (χ1n) is 7.26. The lowest BCUT2D eigenvalue weighted by Gasteiger charge is -2.49. The number of nitrogens with zero attached hydrogens (tertiary/aromatic N) is 1. The summed E-state index contributed by atoms with van der Waals surface area (Å²) in [6, 6.07) is 9.96. The average molecular weight is 276 g/mol. The lowest BCUT2D eigenvalue weighted by molar-refractivity contribution is -0.999. The van der Waals surface area contributed by atoms with Gasteiger partial charge in [0.2, 0.25) is 0 Å². The third kappa shape index (κ3) is 2.78. The molecule has 0 aliphatic rings. The zero-order valence-corrected chi connectivity index (χ0v) is 13.1. The minimum atomic E-state index is -0.704. The Kier molecular flexibility index (Phi) is 5.52. The second-order valence-electron chi connectivity index (χ2n) is 5.07. The van der Waals surface area contributed by atoms with Crippen LogP contribution in [0.2, 0.25) is 0 Å². The topological polar surface area (TPSA) is 26.3 Å². The molecular formula is C17H26NO2+. The van der Waals surface area contributed by atoms with Crippen molar-refractivity contribution < 1.29 is 14.0 Å². The molecule has 0 aliphatic carbocycles. The van der Waals surface area contributed by atoms with Gasteiger partial charge in [0.05, 0.1) is 25.2 Å². The number of hydrogen-bond acceptors (Lipinski definition) is 2. The summed E-state index contributed by atoms with van der Waals surface area (Å²) in [5.74, 6) is -0.380. The lowest BCUT2D eigenvalue weighted by atomic mass is 9.99. The standard InChI is InChI=1S/C17H26NO2/c1-6-16(19)20-17(5,15-13-11-10-12-14-15)18(7-2,8-3)9-4/h6,10-14H,1,7-9H2,2-5H3/q+1. The minimum Gasteiger partial charge on any atom is -0.402 e. The van der Waals surface area contributed by atoms with E-state index >= 15 is 0 Å². The fourth-order valence-corrected chi connectivity index (χ4v) is 2.99. The molecule has 0 fully saturated rings. The SMILES string of the molecule is C=CC(=O)OC(C)(c1ccccc1)[N+](CC)(CC)CC. The zero-order valence-electron chi connectivity index (χ0n) is 13.1. The van der Waals surface area contributed by atoms with Crippen molar-refractivity contribution in [2.24, 2.45) is 0 Å². The van der Waals surface area contributed by atoms with E-state index in [2.05, 4.69) is 27.4 Å². The van der Waals surface area contributed by atoms with Crippen LogP contribution in [0.15, 0.2) is 43.0 Å². The van der Waals surface area contributed by atoms with Crippen LogP contribution in [0.1, 0.15) is 33.3 Å². The minimum absolute atomic E-state index is 0.380. The van der Waals surface area contributed by atoms with Crippen LogP contribution in [0.5, 0.6) is 0 Å². The fourth-order valence-electron chi connectivity index (χ4n) is 2.99. The van der Waals surface area contributed by atoms with Crippen molar-refractivity contribution >= 4 is 5.97 Å². The molecule has 0 N–H and O–H groups in total. The smallest absolute Gasteiger partial charge is 0.335 e. The highest BCUT2D eigenvalue weighted by molar-refractivity contribution is 5.81. The van der Waals surface area contributed by atoms with Crippen molar-refractivity contribution in [3.8, 4) is 0 Å². The predicted molar refractivity (Wildman–Crippen MR) is 82.0 cm³/mol. The third-order valence-electron chi connectivity index (χ3n) is 4.50. The van der Waals surface area contributed by atoms with Crippen LogP contribution < -0.4 is 0 Å². The molecule has 0 amide bonds. The van der Waals surface area contributed by atoms with Gasteiger partial charge in [-0.2, -0.15) is 0 Å². The highest BCUT2D eigenvalue weighted by atomic mass is 16.6. The van der Waals surface area contributed by atoms with Crippen molar-refractivity contribution in [1.29, 1.82) is 0 Å². The molecule has 1 atom stereocenters. The predicted octanol–water partition coefficient (Wildman–Crippen LogP) is 3.47. The van der Waals surface area contributed by atoms with Crippen LogP contribution in [-0.2, 0) is 15.3 Å². The van der Waals surface area contributed by atoms with Gasteiger partial charge in [0.15, 0.2) is 0 Å². The first-order valence-corrected chi connectivity index (χ1v) is 7.26. The molecule has 110 valence electrons. The largest absolute Gasteiger partial charge is 0.402 e. The molecule has 1 rings (SSSR count). The van der Waals surface area contributed by atoms with E-state index in [4.69, 9.17) is 4.74 Å². The quantitative estimate of drug-likeness (QED) is 0.330. The van der Waals surface area contributed by atoms with Crippen LogP contribution in [0.3, 0.4) is 0 Å². The van der Waals surface area contributed by atoms with E-state index < -0.39 is 5.72 Å². The number of carbonyl (C=O) groups is 1. The normalized spacial score (nSPS) is 14.4. The van der Waals surface area contributed by atoms with Gasteiger partial charge in [0.25, 0.3) is 5.72 Å². The summed E-state index contributed by atoms with van der Waals surface area (Å²) in [6.45, 7) is 14.6. The van der Waals surface area contributed by atoms with Crippen molar-refractivity contribution in [2.45, 2.75) is 33.4 Å². The fraction of sp³-hybridized carbons (Fsp3) is 0.471. The number of hydrogen-bond donors (Lipinski definition) is 0. The Labute approximate surface area is 122 Å². The number of rotatable bonds is 7. The molecule has 1 unspecified atom stereocenters. The van der Waals surface area contributed by atoms with Gasteiger partial charge in [-0.05, 0) is 32.9 Å². The van der Waals surface area contributed by atoms with Crippen LogP contribution in [-0.4, -0.2) is 30.1 Å². The maximum absolute atomic E-state index is 11.8. The van der Waals surface area contributed by atoms with Gasteiger partial charge in [0.1, 0.15) is 0 Å². The van der Waals surface area contributed by atoms with Crippen molar-refractivity contribution in [3.05, 3.63) is 48.6 Å². The second kappa shape index (κ2) is 6.71. The molecule has 3 nitrogen and oxygen atoms in total. The molecule has 20 heavy (non-hydrogen) atoms. The second-order valence-corrected chi connectivity index (χ2v) is 5.07. The molecular weight excluding hydrogens is 250 g/mol. The maximum Gasteiger partial charge on any atom is 0.335 e. The van der Waals surface area contributed by atoms with Gasteiger partial charge in [0, 0.05) is 13.0 Å². The van der Waals surface area contributed by atoms with E-state index in [0.29, 0.717) is 4.48 Å². The number of ether oxygens (including phenoxy) is 1. The molecule has 0 aromatic heterocycles. The average Bonchev–Trinajstić information content (AvgIpc) is 2.50. The van der Waals surface area contributed by atoms with Crippen molar-refractivity contribution in [2.75, 3.05) is 19.6 Å². The summed E-state index contributed by atoms with van der Waals surface area (Å²) < 4.78 is 6.52. The van der Waals surface area contributed by atoms with Crippen molar-refractivity contribution in [3.63, 3.8) is 0 Å². The van der Waals surface area contributed by atoms with E-state index in [1.54, 1.807) is 0 Å². The first-order chi connectivity index (χ1) is 9.49. The van der Waals surface area contributed by atoms with Gasteiger partial charge in [-0.1, -0.05) is 24.8 Å². The molecule has 3 heteroatoms. The Bertz CT molecular complexity index is 443. The lowest BCUT2D eigenvalue weighted by Crippen LogP contribution is -2.62. The Morgan fingerprint density at radius 3 is 2.10 bits per heavy atom.